The molecule has 0 saturated heterocycles. The first-order chi connectivity index (χ1) is 11.9. The van der Waals surface area contributed by atoms with E-state index >= 15 is 0 Å². The summed E-state index contributed by atoms with van der Waals surface area (Å²) in [6.07, 6.45) is 0.917. The number of nitrogens with two attached hydrogens (primary N) is 2. The molecule has 2 unspecified atom stereocenters. The van der Waals surface area contributed by atoms with Gasteiger partial charge < -0.3 is 34.6 Å². The zero-order valence-corrected chi connectivity index (χ0v) is 15.3. The smallest absolute Gasteiger partial charge is 0.355 e. The Morgan fingerprint density at radius 3 is 2.72 bits per heavy atom. The fourth-order valence-electron chi connectivity index (χ4n) is 2.21. The minimum Gasteiger partial charge on any atom is -0.382 e. The number of imidazole rings is 1. The Morgan fingerprint density at radius 1 is 1.32 bits per heavy atom. The van der Waals surface area contributed by atoms with Crippen molar-refractivity contribution in [2.45, 2.75) is 19.6 Å². The van der Waals surface area contributed by atoms with Crippen LogP contribution >= 0.6 is 7.60 Å². The maximum absolute atomic E-state index is 12.3. The molecule has 2 aromatic rings. The molecule has 12 heteroatoms. The van der Waals surface area contributed by atoms with Gasteiger partial charge in [-0.25, -0.2) is 4.98 Å². The molecule has 4 N–H and O–H groups in total. The fourth-order valence-corrected chi connectivity index (χ4v) is 3.28. The highest BCUT2D eigenvalue weighted by Gasteiger charge is 2.25. The zero-order chi connectivity index (χ0) is 18.4. The predicted octanol–water partition coefficient (Wildman–Crippen LogP) is 0.856. The molecule has 2 rings (SSSR count). The van der Waals surface area contributed by atoms with E-state index in [1.807, 2.05) is 0 Å². The van der Waals surface area contributed by atoms with Gasteiger partial charge in [-0.15, -0.1) is 0 Å². The van der Waals surface area contributed by atoms with Crippen molar-refractivity contribution in [3.63, 3.8) is 0 Å². The van der Waals surface area contributed by atoms with Crippen molar-refractivity contribution in [1.82, 2.24) is 19.5 Å². The fraction of sp³-hybridized carbons (Fsp3) is 0.615. The summed E-state index contributed by atoms with van der Waals surface area (Å²) < 4.78 is 34.9. The van der Waals surface area contributed by atoms with E-state index in [0.29, 0.717) is 17.7 Å². The second-order valence-electron chi connectivity index (χ2n) is 5.12. The van der Waals surface area contributed by atoms with Gasteiger partial charge in [0.2, 0.25) is 5.95 Å². The monoisotopic (exact) mass is 374 g/mol. The van der Waals surface area contributed by atoms with Gasteiger partial charge in [0, 0.05) is 14.2 Å². The quantitative estimate of drug-likeness (QED) is 0.573. The average Bonchev–Trinajstić information content (AvgIpc) is 2.96. The minimum atomic E-state index is -3.30. The molecule has 2 aromatic heterocycles. The second-order valence-corrected chi connectivity index (χ2v) is 7.22. The first-order valence-electron chi connectivity index (χ1n) is 7.56. The van der Waals surface area contributed by atoms with E-state index in [0.717, 1.165) is 0 Å². The summed E-state index contributed by atoms with van der Waals surface area (Å²) in [5, 5.41) is 0. The highest BCUT2D eigenvalue weighted by molar-refractivity contribution is 7.53. The molecular formula is C13H23N6O5P. The van der Waals surface area contributed by atoms with Gasteiger partial charge >= 0.3 is 7.60 Å². The van der Waals surface area contributed by atoms with E-state index in [4.69, 9.17) is 30.0 Å². The highest BCUT2D eigenvalue weighted by atomic mass is 31.2. The lowest BCUT2D eigenvalue weighted by atomic mass is 10.3. The van der Waals surface area contributed by atoms with Crippen molar-refractivity contribution >= 4 is 30.5 Å². The lowest BCUT2D eigenvalue weighted by molar-refractivity contribution is 0.00177. The summed E-state index contributed by atoms with van der Waals surface area (Å²) in [4.78, 5) is 12.2. The van der Waals surface area contributed by atoms with Crippen LogP contribution in [0.4, 0.5) is 11.8 Å². The highest BCUT2D eigenvalue weighted by Crippen LogP contribution is 2.47. The molecule has 0 aliphatic carbocycles. The molecule has 0 aliphatic rings. The SMILES string of the molecule is CCOP(=O)(COC(COC)Cn1cnc2c(N)nc(N)nc21)OC. The Labute approximate surface area is 145 Å². The lowest BCUT2D eigenvalue weighted by Gasteiger charge is -2.21. The Kier molecular flexibility index (Phi) is 6.68. The van der Waals surface area contributed by atoms with Crippen molar-refractivity contribution < 1.29 is 23.1 Å². The van der Waals surface area contributed by atoms with E-state index in [-0.39, 0.29) is 31.3 Å². The number of fused-ring (bicyclic) bond motifs is 1. The summed E-state index contributed by atoms with van der Waals surface area (Å²) in [6, 6.07) is 0. The van der Waals surface area contributed by atoms with Crippen LogP contribution in [-0.2, 0) is 29.6 Å². The number of nitrogen functional groups attached to an aromatic ring is 2. The Balaban J connectivity index is 2.15. The molecule has 11 nitrogen and oxygen atoms in total. The number of hydrogen-bond donors (Lipinski definition) is 2. The van der Waals surface area contributed by atoms with Gasteiger partial charge in [0.05, 0.1) is 32.2 Å². The van der Waals surface area contributed by atoms with Gasteiger partial charge in [-0.1, -0.05) is 0 Å². The predicted molar refractivity (Wildman–Crippen MR) is 92.0 cm³/mol. The van der Waals surface area contributed by atoms with Crippen LogP contribution in [0.1, 0.15) is 6.92 Å². The number of anilines is 2. The third kappa shape index (κ3) is 4.86. The summed E-state index contributed by atoms with van der Waals surface area (Å²) in [5.41, 5.74) is 12.4. The molecule has 2 atom stereocenters. The van der Waals surface area contributed by atoms with Crippen LogP contribution in [0.2, 0.25) is 0 Å². The molecule has 0 amide bonds. The Bertz CT molecular complexity index is 754. The molecule has 0 radical (unpaired) electrons. The largest absolute Gasteiger partial charge is 0.382 e. The zero-order valence-electron chi connectivity index (χ0n) is 14.4. The van der Waals surface area contributed by atoms with Crippen LogP contribution in [0, 0.1) is 0 Å². The van der Waals surface area contributed by atoms with Crippen molar-refractivity contribution in [3.8, 4) is 0 Å². The molecular weight excluding hydrogens is 351 g/mol. The maximum atomic E-state index is 12.3. The first kappa shape index (κ1) is 19.5. The third-order valence-electron chi connectivity index (χ3n) is 3.33. The minimum absolute atomic E-state index is 0.0520. The number of hydrogen-bond acceptors (Lipinski definition) is 10. The van der Waals surface area contributed by atoms with E-state index < -0.39 is 13.7 Å². The van der Waals surface area contributed by atoms with E-state index in [2.05, 4.69) is 15.0 Å². The molecule has 140 valence electrons. The molecule has 0 aromatic carbocycles. The van der Waals surface area contributed by atoms with Crippen molar-refractivity contribution in [3.05, 3.63) is 6.33 Å². The van der Waals surface area contributed by atoms with Gasteiger partial charge in [0.25, 0.3) is 0 Å². The van der Waals surface area contributed by atoms with Crippen LogP contribution in [0.5, 0.6) is 0 Å². The summed E-state index contributed by atoms with van der Waals surface area (Å²) in [5.74, 6) is 0.252. The van der Waals surface area contributed by atoms with Crippen molar-refractivity contribution in [2.24, 2.45) is 0 Å². The van der Waals surface area contributed by atoms with Crippen LogP contribution in [0.25, 0.3) is 11.2 Å². The average molecular weight is 374 g/mol. The summed E-state index contributed by atoms with van der Waals surface area (Å²) in [6.45, 7) is 2.57. The lowest BCUT2D eigenvalue weighted by Crippen LogP contribution is -2.26. The van der Waals surface area contributed by atoms with Gasteiger partial charge in [0.15, 0.2) is 11.5 Å². The number of methoxy groups -OCH3 is 1. The summed E-state index contributed by atoms with van der Waals surface area (Å²) >= 11 is 0. The number of rotatable bonds is 10. The topological polar surface area (TPSA) is 150 Å². The maximum Gasteiger partial charge on any atom is 0.355 e. The van der Waals surface area contributed by atoms with Gasteiger partial charge in [-0.05, 0) is 6.92 Å². The van der Waals surface area contributed by atoms with Gasteiger partial charge in [-0.3, -0.25) is 4.57 Å². The second kappa shape index (κ2) is 8.54. The molecule has 0 spiro atoms. The third-order valence-corrected chi connectivity index (χ3v) is 5.01. The normalized spacial score (nSPS) is 15.3. The molecule has 0 saturated carbocycles. The van der Waals surface area contributed by atoms with E-state index in [1.165, 1.54) is 7.11 Å². The number of ether oxygens (including phenoxy) is 2. The number of aromatic nitrogens is 4. The first-order valence-corrected chi connectivity index (χ1v) is 9.29. The standard InChI is InChI=1S/C13H23N6O5P/c1-4-24-25(20,22-3)8-23-9(6-21-2)5-19-7-16-10-11(14)17-13(15)18-12(10)19/h7,9H,4-6,8H2,1-3H3,(H4,14,15,17,18). The molecule has 0 bridgehead atoms. The Morgan fingerprint density at radius 2 is 2.08 bits per heavy atom. The van der Waals surface area contributed by atoms with Gasteiger partial charge in [0.1, 0.15) is 11.9 Å². The molecule has 25 heavy (non-hydrogen) atoms. The van der Waals surface area contributed by atoms with Crippen molar-refractivity contribution in [1.29, 1.82) is 0 Å². The van der Waals surface area contributed by atoms with E-state index in [1.54, 1.807) is 24.9 Å². The Hall–Kier alpha value is -1.78. The summed E-state index contributed by atoms with van der Waals surface area (Å²) in [7, 11) is -0.443. The molecule has 0 aliphatic heterocycles. The van der Waals surface area contributed by atoms with Crippen LogP contribution in [-0.4, -0.2) is 59.4 Å². The van der Waals surface area contributed by atoms with Gasteiger partial charge in [-0.2, -0.15) is 9.97 Å². The van der Waals surface area contributed by atoms with Crippen LogP contribution in [0.15, 0.2) is 6.33 Å². The van der Waals surface area contributed by atoms with Crippen LogP contribution in [0.3, 0.4) is 0 Å². The van der Waals surface area contributed by atoms with E-state index in [9.17, 15) is 4.57 Å². The molecule has 2 heterocycles. The van der Waals surface area contributed by atoms with Crippen LogP contribution < -0.4 is 11.5 Å². The van der Waals surface area contributed by atoms with Crippen molar-refractivity contribution in [2.75, 3.05) is 45.2 Å². The number of nitrogens with zero attached hydrogens (tertiary/aromatic N) is 4. The molecule has 0 fully saturated rings.